The van der Waals surface area contributed by atoms with Gasteiger partial charge in [-0.05, 0) is 42.0 Å². The van der Waals surface area contributed by atoms with Crippen LogP contribution in [-0.4, -0.2) is 64.3 Å². The Morgan fingerprint density at radius 1 is 0.867 bits per heavy atom. The van der Waals surface area contributed by atoms with Crippen molar-refractivity contribution in [2.75, 3.05) is 63.2 Å². The second-order valence-corrected chi connectivity index (χ2v) is 7.62. The third-order valence-corrected chi connectivity index (χ3v) is 5.80. The van der Waals surface area contributed by atoms with Gasteiger partial charge in [0.15, 0.2) is 5.96 Å². The monoisotopic (exact) mass is 405 g/mol. The van der Waals surface area contributed by atoms with E-state index in [1.807, 2.05) is 19.2 Å². The van der Waals surface area contributed by atoms with Crippen molar-refractivity contribution in [1.82, 2.24) is 10.2 Å². The van der Waals surface area contributed by atoms with Crippen LogP contribution in [0.4, 0.5) is 11.4 Å². The lowest BCUT2D eigenvalue weighted by atomic mass is 10.2. The minimum Gasteiger partial charge on any atom is -0.497 e. The number of guanidine groups is 1. The molecule has 30 heavy (non-hydrogen) atoms. The molecule has 0 amide bonds. The normalized spacial score (nSPS) is 16.9. The molecule has 2 aromatic rings. The van der Waals surface area contributed by atoms with Gasteiger partial charge in [0.05, 0.1) is 7.11 Å². The molecule has 0 saturated carbocycles. The molecule has 0 radical (unpaired) electrons. The van der Waals surface area contributed by atoms with Crippen LogP contribution >= 0.6 is 0 Å². The Hall–Kier alpha value is -3.15. The highest BCUT2D eigenvalue weighted by atomic mass is 16.5. The molecule has 1 saturated heterocycles. The van der Waals surface area contributed by atoms with Crippen molar-refractivity contribution in [2.24, 2.45) is 4.99 Å². The van der Waals surface area contributed by atoms with Crippen LogP contribution in [0.3, 0.4) is 0 Å². The SMILES string of the molecule is CN=C(NCc1ccc(N2CC=CC2)cc1)N1CCN(c2ccc(OC)cc2)CC1. The highest BCUT2D eigenvalue weighted by molar-refractivity contribution is 5.80. The van der Waals surface area contributed by atoms with Crippen LogP contribution in [0.25, 0.3) is 0 Å². The molecule has 0 atom stereocenters. The zero-order chi connectivity index (χ0) is 20.8. The van der Waals surface area contributed by atoms with Crippen molar-refractivity contribution in [3.63, 3.8) is 0 Å². The van der Waals surface area contributed by atoms with E-state index in [0.29, 0.717) is 0 Å². The van der Waals surface area contributed by atoms with Crippen LogP contribution in [0.15, 0.2) is 65.7 Å². The Balaban J connectivity index is 1.27. The van der Waals surface area contributed by atoms with E-state index in [-0.39, 0.29) is 0 Å². The number of rotatable bonds is 5. The largest absolute Gasteiger partial charge is 0.497 e. The average molecular weight is 406 g/mol. The Kier molecular flexibility index (Phi) is 6.42. The number of hydrogen-bond donors (Lipinski definition) is 1. The van der Waals surface area contributed by atoms with Gasteiger partial charge < -0.3 is 24.8 Å². The molecule has 0 unspecified atom stereocenters. The van der Waals surface area contributed by atoms with Crippen LogP contribution in [-0.2, 0) is 6.54 Å². The van der Waals surface area contributed by atoms with Gasteiger partial charge in [-0.2, -0.15) is 0 Å². The Morgan fingerprint density at radius 3 is 2.07 bits per heavy atom. The standard InChI is InChI=1S/C24H31N5O/c1-25-24(26-19-20-5-7-21(8-6-20)27-13-3-4-14-27)29-17-15-28(16-18-29)22-9-11-23(30-2)12-10-22/h3-12H,13-19H2,1-2H3,(H,25,26). The number of benzene rings is 2. The van der Waals surface area contributed by atoms with Gasteiger partial charge in [0.2, 0.25) is 0 Å². The quantitative estimate of drug-likeness (QED) is 0.471. The number of ether oxygens (including phenoxy) is 1. The topological polar surface area (TPSA) is 43.3 Å². The molecule has 2 aromatic carbocycles. The number of hydrogen-bond acceptors (Lipinski definition) is 4. The molecule has 2 aliphatic heterocycles. The van der Waals surface area contributed by atoms with E-state index < -0.39 is 0 Å². The number of piperazine rings is 1. The summed E-state index contributed by atoms with van der Waals surface area (Å²) < 4.78 is 5.26. The van der Waals surface area contributed by atoms with Gasteiger partial charge in [0.25, 0.3) is 0 Å². The molecule has 1 N–H and O–H groups in total. The van der Waals surface area contributed by atoms with E-state index in [0.717, 1.165) is 57.5 Å². The molecule has 6 nitrogen and oxygen atoms in total. The molecule has 0 spiro atoms. The predicted octanol–water partition coefficient (Wildman–Crippen LogP) is 2.97. The van der Waals surface area contributed by atoms with E-state index in [9.17, 15) is 0 Å². The second kappa shape index (κ2) is 9.57. The fourth-order valence-electron chi connectivity index (χ4n) is 4.00. The average Bonchev–Trinajstić information content (AvgIpc) is 3.35. The zero-order valence-corrected chi connectivity index (χ0v) is 17.9. The van der Waals surface area contributed by atoms with Crippen molar-refractivity contribution in [2.45, 2.75) is 6.54 Å². The second-order valence-electron chi connectivity index (χ2n) is 7.62. The summed E-state index contributed by atoms with van der Waals surface area (Å²) in [5.41, 5.74) is 3.79. The minimum absolute atomic E-state index is 0.782. The summed E-state index contributed by atoms with van der Waals surface area (Å²) in [4.78, 5) is 11.6. The van der Waals surface area contributed by atoms with Crippen LogP contribution in [0.2, 0.25) is 0 Å². The van der Waals surface area contributed by atoms with Crippen molar-refractivity contribution >= 4 is 17.3 Å². The fraction of sp³-hybridized carbons (Fsp3) is 0.375. The van der Waals surface area contributed by atoms with Crippen LogP contribution in [0.5, 0.6) is 5.75 Å². The first-order valence-corrected chi connectivity index (χ1v) is 10.6. The molecule has 2 aliphatic rings. The number of nitrogens with one attached hydrogen (secondary N) is 1. The van der Waals surface area contributed by atoms with Crippen molar-refractivity contribution < 1.29 is 4.74 Å². The molecule has 0 aliphatic carbocycles. The van der Waals surface area contributed by atoms with Crippen molar-refractivity contribution in [3.05, 3.63) is 66.2 Å². The van der Waals surface area contributed by atoms with Gasteiger partial charge >= 0.3 is 0 Å². The molecule has 4 rings (SSSR count). The van der Waals surface area contributed by atoms with Gasteiger partial charge in [-0.25, -0.2) is 0 Å². The maximum Gasteiger partial charge on any atom is 0.194 e. The van der Waals surface area contributed by atoms with Crippen LogP contribution in [0.1, 0.15) is 5.56 Å². The van der Waals surface area contributed by atoms with Crippen molar-refractivity contribution in [3.8, 4) is 5.75 Å². The van der Waals surface area contributed by atoms with E-state index in [1.165, 1.54) is 16.9 Å². The number of anilines is 2. The smallest absolute Gasteiger partial charge is 0.194 e. The maximum atomic E-state index is 5.26. The van der Waals surface area contributed by atoms with Crippen LogP contribution in [0, 0.1) is 0 Å². The van der Waals surface area contributed by atoms with Gasteiger partial charge in [-0.3, -0.25) is 4.99 Å². The number of nitrogens with zero attached hydrogens (tertiary/aromatic N) is 4. The molecule has 158 valence electrons. The molecule has 2 heterocycles. The van der Waals surface area contributed by atoms with Gasteiger partial charge in [-0.15, -0.1) is 0 Å². The highest BCUT2D eigenvalue weighted by Gasteiger charge is 2.20. The predicted molar refractivity (Wildman–Crippen MR) is 125 cm³/mol. The molecule has 1 fully saturated rings. The summed E-state index contributed by atoms with van der Waals surface area (Å²) in [5, 5.41) is 3.53. The Morgan fingerprint density at radius 2 is 1.47 bits per heavy atom. The van der Waals surface area contributed by atoms with Crippen molar-refractivity contribution in [1.29, 1.82) is 0 Å². The summed E-state index contributed by atoms with van der Waals surface area (Å²) in [6.07, 6.45) is 4.43. The number of aliphatic imine (C=N–C) groups is 1. The van der Waals surface area contributed by atoms with E-state index in [4.69, 9.17) is 4.74 Å². The molecular formula is C24H31N5O. The third-order valence-electron chi connectivity index (χ3n) is 5.80. The highest BCUT2D eigenvalue weighted by Crippen LogP contribution is 2.21. The van der Waals surface area contributed by atoms with E-state index in [2.05, 4.69) is 73.6 Å². The van der Waals surface area contributed by atoms with Gasteiger partial charge in [0, 0.05) is 64.2 Å². The molecule has 0 aromatic heterocycles. The summed E-state index contributed by atoms with van der Waals surface area (Å²) >= 11 is 0. The molecule has 0 bridgehead atoms. The lowest BCUT2D eigenvalue weighted by Gasteiger charge is -2.37. The van der Waals surface area contributed by atoms with Gasteiger partial charge in [0.1, 0.15) is 5.75 Å². The lowest BCUT2D eigenvalue weighted by molar-refractivity contribution is 0.372. The zero-order valence-electron chi connectivity index (χ0n) is 17.9. The summed E-state index contributed by atoms with van der Waals surface area (Å²) in [6.45, 7) is 6.65. The van der Waals surface area contributed by atoms with E-state index in [1.54, 1.807) is 7.11 Å². The summed E-state index contributed by atoms with van der Waals surface area (Å²) in [5.74, 6) is 1.87. The number of methoxy groups -OCH3 is 1. The van der Waals surface area contributed by atoms with E-state index >= 15 is 0 Å². The first-order chi connectivity index (χ1) is 14.8. The Bertz CT molecular complexity index is 859. The Labute approximate surface area is 179 Å². The molecule has 6 heteroatoms. The van der Waals surface area contributed by atoms with Gasteiger partial charge in [-0.1, -0.05) is 24.3 Å². The minimum atomic E-state index is 0.782. The molecular weight excluding hydrogens is 374 g/mol. The third kappa shape index (κ3) is 4.70. The lowest BCUT2D eigenvalue weighted by Crippen LogP contribution is -2.52. The maximum absolute atomic E-state index is 5.26. The van der Waals surface area contributed by atoms with Crippen LogP contribution < -0.4 is 19.9 Å². The first kappa shape index (κ1) is 20.1. The fourth-order valence-corrected chi connectivity index (χ4v) is 4.00. The first-order valence-electron chi connectivity index (χ1n) is 10.6. The summed E-state index contributed by atoms with van der Waals surface area (Å²) in [6, 6.07) is 17.1. The summed E-state index contributed by atoms with van der Waals surface area (Å²) in [7, 11) is 3.56.